The normalized spacial score (nSPS) is 18.2. The average Bonchev–Trinajstić information content (AvgIpc) is 2.46. The molecule has 23 heavy (non-hydrogen) atoms. The van der Waals surface area contributed by atoms with Crippen LogP contribution >= 0.6 is 11.8 Å². The van der Waals surface area contributed by atoms with Crippen molar-refractivity contribution in [2.75, 3.05) is 24.7 Å². The summed E-state index contributed by atoms with van der Waals surface area (Å²) >= 11 is 1.83. The van der Waals surface area contributed by atoms with Gasteiger partial charge in [-0.3, -0.25) is 4.79 Å². The minimum absolute atomic E-state index is 0.0528. The molecule has 1 fully saturated rings. The van der Waals surface area contributed by atoms with Crippen LogP contribution in [0.5, 0.6) is 0 Å². The van der Waals surface area contributed by atoms with Crippen LogP contribution in [-0.2, 0) is 9.53 Å². The lowest BCUT2D eigenvalue weighted by atomic mass is 9.93. The minimum Gasteiger partial charge on any atom is -0.444 e. The van der Waals surface area contributed by atoms with Gasteiger partial charge in [-0.2, -0.15) is 11.8 Å². The van der Waals surface area contributed by atoms with Crippen LogP contribution in [0.25, 0.3) is 0 Å². The van der Waals surface area contributed by atoms with Crippen LogP contribution in [0, 0.1) is 0 Å². The standard InChI is InChI=1S/C16H28N2O4S/c1-12(5-8-17-14(21)22-15(2,3)4)13(20)18-16(11-19)6-9-23-10-7-16/h5,19H,6-11H2,1-4H3,(H,17,21)(H,18,20). The highest BCUT2D eigenvalue weighted by Crippen LogP contribution is 2.26. The lowest BCUT2D eigenvalue weighted by molar-refractivity contribution is -0.120. The predicted molar refractivity (Wildman–Crippen MR) is 92.5 cm³/mol. The molecule has 0 spiro atoms. The second kappa shape index (κ2) is 8.59. The van der Waals surface area contributed by atoms with Crippen LogP contribution < -0.4 is 10.6 Å². The first-order chi connectivity index (χ1) is 10.7. The highest BCUT2D eigenvalue weighted by Gasteiger charge is 2.33. The summed E-state index contributed by atoms with van der Waals surface area (Å²) in [5.74, 6) is 1.66. The smallest absolute Gasteiger partial charge is 0.407 e. The van der Waals surface area contributed by atoms with Gasteiger partial charge < -0.3 is 20.5 Å². The van der Waals surface area contributed by atoms with Crippen LogP contribution in [0.2, 0.25) is 0 Å². The van der Waals surface area contributed by atoms with Crippen LogP contribution in [0.4, 0.5) is 4.79 Å². The molecule has 1 aliphatic heterocycles. The molecule has 0 saturated carbocycles. The highest BCUT2D eigenvalue weighted by molar-refractivity contribution is 7.99. The molecule has 2 amide bonds. The largest absolute Gasteiger partial charge is 0.444 e. The molecule has 1 aliphatic rings. The third-order valence-electron chi connectivity index (χ3n) is 3.54. The maximum absolute atomic E-state index is 12.2. The number of amides is 2. The van der Waals surface area contributed by atoms with Crippen molar-refractivity contribution in [3.63, 3.8) is 0 Å². The molecule has 0 bridgehead atoms. The van der Waals surface area contributed by atoms with Gasteiger partial charge in [-0.15, -0.1) is 0 Å². The molecular weight excluding hydrogens is 316 g/mol. The third-order valence-corrected chi connectivity index (χ3v) is 4.53. The van der Waals surface area contributed by atoms with Crippen LogP contribution in [-0.4, -0.2) is 52.9 Å². The van der Waals surface area contributed by atoms with Gasteiger partial charge in [0.1, 0.15) is 5.60 Å². The van der Waals surface area contributed by atoms with Crippen LogP contribution in [0.1, 0.15) is 40.5 Å². The molecule has 0 atom stereocenters. The van der Waals surface area contributed by atoms with E-state index in [2.05, 4.69) is 10.6 Å². The maximum atomic E-state index is 12.2. The summed E-state index contributed by atoms with van der Waals surface area (Å²) in [4.78, 5) is 23.8. The zero-order chi connectivity index (χ0) is 17.5. The van der Waals surface area contributed by atoms with E-state index >= 15 is 0 Å². The lowest BCUT2D eigenvalue weighted by Gasteiger charge is -2.36. The van der Waals surface area contributed by atoms with Crippen LogP contribution in [0.15, 0.2) is 11.6 Å². The number of alkyl carbamates (subject to hydrolysis) is 1. The lowest BCUT2D eigenvalue weighted by Crippen LogP contribution is -2.53. The number of aliphatic hydroxyl groups excluding tert-OH is 1. The molecule has 0 aromatic rings. The van der Waals surface area contributed by atoms with Crippen molar-refractivity contribution in [2.45, 2.75) is 51.7 Å². The molecule has 0 unspecified atom stereocenters. The molecule has 6 nitrogen and oxygen atoms in total. The fourth-order valence-corrected chi connectivity index (χ4v) is 3.39. The Kier molecular flexibility index (Phi) is 7.41. The predicted octanol–water partition coefficient (Wildman–Crippen LogP) is 1.83. The SMILES string of the molecule is CC(=CCNC(=O)OC(C)(C)C)C(=O)NC1(CO)CCSCC1. The summed E-state index contributed by atoms with van der Waals surface area (Å²) in [6, 6.07) is 0. The van der Waals surface area contributed by atoms with E-state index in [1.807, 2.05) is 11.8 Å². The fourth-order valence-electron chi connectivity index (χ4n) is 2.12. The first kappa shape index (κ1) is 19.8. The third kappa shape index (κ3) is 7.26. The van der Waals surface area contributed by atoms with Crippen molar-refractivity contribution in [3.8, 4) is 0 Å². The van der Waals surface area contributed by atoms with Crippen molar-refractivity contribution in [3.05, 3.63) is 11.6 Å². The van der Waals surface area contributed by atoms with Crippen molar-refractivity contribution in [2.24, 2.45) is 0 Å². The number of hydrogen-bond donors (Lipinski definition) is 3. The highest BCUT2D eigenvalue weighted by atomic mass is 32.2. The summed E-state index contributed by atoms with van der Waals surface area (Å²) in [5, 5.41) is 15.1. The molecule has 1 rings (SSSR count). The number of carbonyl (C=O) groups excluding carboxylic acids is 2. The van der Waals surface area contributed by atoms with Gasteiger partial charge >= 0.3 is 6.09 Å². The Labute approximate surface area is 142 Å². The number of carbonyl (C=O) groups is 2. The summed E-state index contributed by atoms with van der Waals surface area (Å²) in [6.07, 6.45) is 2.66. The van der Waals surface area contributed by atoms with E-state index in [0.29, 0.717) is 5.57 Å². The Morgan fingerprint density at radius 1 is 1.30 bits per heavy atom. The first-order valence-corrected chi connectivity index (χ1v) is 8.98. The molecule has 0 aromatic heterocycles. The van der Waals surface area contributed by atoms with Gasteiger partial charge in [-0.25, -0.2) is 4.79 Å². The molecule has 0 aliphatic carbocycles. The fraction of sp³-hybridized carbons (Fsp3) is 0.750. The van der Waals surface area contributed by atoms with E-state index in [1.54, 1.807) is 33.8 Å². The van der Waals surface area contributed by atoms with Gasteiger partial charge in [0.2, 0.25) is 5.91 Å². The zero-order valence-corrected chi connectivity index (χ0v) is 15.2. The molecule has 132 valence electrons. The number of hydrogen-bond acceptors (Lipinski definition) is 5. The Morgan fingerprint density at radius 2 is 1.91 bits per heavy atom. The Bertz CT molecular complexity index is 451. The molecule has 0 radical (unpaired) electrons. The number of rotatable bonds is 5. The Hall–Kier alpha value is -1.21. The van der Waals surface area contributed by atoms with E-state index < -0.39 is 17.2 Å². The Morgan fingerprint density at radius 3 is 2.43 bits per heavy atom. The van der Waals surface area contributed by atoms with E-state index in [4.69, 9.17) is 4.74 Å². The van der Waals surface area contributed by atoms with Crippen molar-refractivity contribution >= 4 is 23.8 Å². The van der Waals surface area contributed by atoms with E-state index in [-0.39, 0.29) is 19.1 Å². The molecule has 0 aromatic carbocycles. The molecule has 3 N–H and O–H groups in total. The van der Waals surface area contributed by atoms with Gasteiger partial charge in [0.25, 0.3) is 0 Å². The van der Waals surface area contributed by atoms with Crippen molar-refractivity contribution in [1.29, 1.82) is 0 Å². The van der Waals surface area contributed by atoms with Gasteiger partial charge in [0.15, 0.2) is 0 Å². The summed E-state index contributed by atoms with van der Waals surface area (Å²) in [5.41, 5.74) is -0.560. The number of ether oxygens (including phenoxy) is 1. The van der Waals surface area contributed by atoms with E-state index in [0.717, 1.165) is 24.3 Å². The molecular formula is C16H28N2O4S. The van der Waals surface area contributed by atoms with Gasteiger partial charge in [-0.1, -0.05) is 6.08 Å². The number of nitrogens with one attached hydrogen (secondary N) is 2. The summed E-state index contributed by atoms with van der Waals surface area (Å²) < 4.78 is 5.12. The monoisotopic (exact) mass is 344 g/mol. The second-order valence-corrected chi connectivity index (χ2v) is 8.00. The van der Waals surface area contributed by atoms with E-state index in [9.17, 15) is 14.7 Å². The quantitative estimate of drug-likeness (QED) is 0.662. The zero-order valence-electron chi connectivity index (χ0n) is 14.4. The van der Waals surface area contributed by atoms with Gasteiger partial charge in [-0.05, 0) is 52.0 Å². The van der Waals surface area contributed by atoms with Crippen molar-refractivity contribution in [1.82, 2.24) is 10.6 Å². The van der Waals surface area contributed by atoms with E-state index in [1.165, 1.54) is 0 Å². The molecule has 1 heterocycles. The summed E-state index contributed by atoms with van der Waals surface area (Å²) in [6.45, 7) is 7.22. The van der Waals surface area contributed by atoms with Gasteiger partial charge in [0, 0.05) is 12.1 Å². The first-order valence-electron chi connectivity index (χ1n) is 7.82. The molecule has 1 saturated heterocycles. The van der Waals surface area contributed by atoms with Gasteiger partial charge in [0.05, 0.1) is 12.1 Å². The van der Waals surface area contributed by atoms with Crippen LogP contribution in [0.3, 0.4) is 0 Å². The number of thioether (sulfide) groups is 1. The average molecular weight is 344 g/mol. The molecule has 7 heteroatoms. The Balaban J connectivity index is 2.47. The topological polar surface area (TPSA) is 87.7 Å². The number of aliphatic hydroxyl groups is 1. The maximum Gasteiger partial charge on any atom is 0.407 e. The summed E-state index contributed by atoms with van der Waals surface area (Å²) in [7, 11) is 0. The minimum atomic E-state index is -0.549. The second-order valence-electron chi connectivity index (χ2n) is 6.77. The van der Waals surface area contributed by atoms with Crippen molar-refractivity contribution < 1.29 is 19.4 Å².